The fourth-order valence-corrected chi connectivity index (χ4v) is 3.82. The molecule has 0 N–H and O–H groups in total. The molecular formula is C16H28. The van der Waals surface area contributed by atoms with Crippen molar-refractivity contribution in [1.29, 1.82) is 0 Å². The van der Waals surface area contributed by atoms with Gasteiger partial charge in [0.2, 0.25) is 0 Å². The van der Waals surface area contributed by atoms with Crippen LogP contribution in [0.1, 0.15) is 72.1 Å². The molecule has 0 aromatic carbocycles. The van der Waals surface area contributed by atoms with E-state index in [2.05, 4.69) is 26.8 Å². The van der Waals surface area contributed by atoms with Gasteiger partial charge in [0.15, 0.2) is 0 Å². The highest BCUT2D eigenvalue weighted by molar-refractivity contribution is 5.05. The van der Waals surface area contributed by atoms with Crippen LogP contribution in [0.15, 0.2) is 11.6 Å². The molecule has 0 aromatic heterocycles. The Kier molecular flexibility index (Phi) is 3.77. The molecule has 1 fully saturated rings. The molecule has 0 aromatic rings. The minimum atomic E-state index is 0.581. The highest BCUT2D eigenvalue weighted by atomic mass is 14.4. The van der Waals surface area contributed by atoms with E-state index in [1.54, 1.807) is 5.57 Å². The summed E-state index contributed by atoms with van der Waals surface area (Å²) in [6, 6.07) is 0. The second-order valence-electron chi connectivity index (χ2n) is 6.68. The lowest BCUT2D eigenvalue weighted by atomic mass is 9.61. The Bertz CT molecular complexity index is 253. The minimum Gasteiger partial charge on any atom is -0.0853 e. The standard InChI is InChI=1S/C16H28/c1-13-9-11-15(12-10-13)16(2,3)14-7-5-4-6-8-14/h9,14-15H,4-8,10-12H2,1-3H3. The first-order valence-electron chi connectivity index (χ1n) is 7.26. The normalized spacial score (nSPS) is 28.9. The quantitative estimate of drug-likeness (QED) is 0.551. The third-order valence-corrected chi connectivity index (χ3v) is 5.35. The van der Waals surface area contributed by atoms with E-state index in [0.29, 0.717) is 5.41 Å². The van der Waals surface area contributed by atoms with Gasteiger partial charge in [-0.3, -0.25) is 0 Å². The van der Waals surface area contributed by atoms with Crippen molar-refractivity contribution >= 4 is 0 Å². The summed E-state index contributed by atoms with van der Waals surface area (Å²) < 4.78 is 0. The molecule has 0 amide bonds. The van der Waals surface area contributed by atoms with Gasteiger partial charge in [-0.15, -0.1) is 0 Å². The molecule has 2 aliphatic carbocycles. The number of hydrogen-bond acceptors (Lipinski definition) is 0. The Hall–Kier alpha value is -0.260. The molecule has 0 heterocycles. The zero-order chi connectivity index (χ0) is 11.6. The van der Waals surface area contributed by atoms with Crippen molar-refractivity contribution in [2.24, 2.45) is 17.3 Å². The number of allylic oxidation sites excluding steroid dienone is 2. The van der Waals surface area contributed by atoms with Gasteiger partial charge in [-0.25, -0.2) is 0 Å². The van der Waals surface area contributed by atoms with E-state index < -0.39 is 0 Å². The maximum Gasteiger partial charge on any atom is -0.0295 e. The molecule has 2 aliphatic rings. The zero-order valence-corrected chi connectivity index (χ0v) is 11.4. The average Bonchev–Trinajstić information content (AvgIpc) is 2.31. The average molecular weight is 220 g/mol. The monoisotopic (exact) mass is 220 g/mol. The first-order chi connectivity index (χ1) is 7.60. The molecule has 0 bridgehead atoms. The number of rotatable bonds is 2. The predicted octanol–water partition coefficient (Wildman–Crippen LogP) is 5.34. The van der Waals surface area contributed by atoms with E-state index in [4.69, 9.17) is 0 Å². The highest BCUT2D eigenvalue weighted by Gasteiger charge is 2.37. The van der Waals surface area contributed by atoms with E-state index in [-0.39, 0.29) is 0 Å². The van der Waals surface area contributed by atoms with Crippen LogP contribution in [0.3, 0.4) is 0 Å². The summed E-state index contributed by atoms with van der Waals surface area (Å²) in [5, 5.41) is 0. The molecule has 2 rings (SSSR count). The van der Waals surface area contributed by atoms with Crippen molar-refractivity contribution in [3.63, 3.8) is 0 Å². The summed E-state index contributed by atoms with van der Waals surface area (Å²) in [5.41, 5.74) is 2.20. The molecule has 1 saturated carbocycles. The molecule has 1 unspecified atom stereocenters. The maximum absolute atomic E-state index is 2.54. The van der Waals surface area contributed by atoms with Crippen molar-refractivity contribution in [3.05, 3.63) is 11.6 Å². The molecule has 0 saturated heterocycles. The fraction of sp³-hybridized carbons (Fsp3) is 0.875. The van der Waals surface area contributed by atoms with Crippen molar-refractivity contribution in [1.82, 2.24) is 0 Å². The maximum atomic E-state index is 2.54. The van der Waals surface area contributed by atoms with Gasteiger partial charge in [0.25, 0.3) is 0 Å². The summed E-state index contributed by atoms with van der Waals surface area (Å²) in [4.78, 5) is 0. The van der Waals surface area contributed by atoms with Gasteiger partial charge in [-0.2, -0.15) is 0 Å². The van der Waals surface area contributed by atoms with Gasteiger partial charge in [0.05, 0.1) is 0 Å². The third-order valence-electron chi connectivity index (χ3n) is 5.35. The van der Waals surface area contributed by atoms with Gasteiger partial charge in [-0.05, 0) is 56.3 Å². The Morgan fingerprint density at radius 3 is 2.25 bits per heavy atom. The van der Waals surface area contributed by atoms with Crippen molar-refractivity contribution in [3.8, 4) is 0 Å². The second-order valence-corrected chi connectivity index (χ2v) is 6.68. The summed E-state index contributed by atoms with van der Waals surface area (Å²) >= 11 is 0. The van der Waals surface area contributed by atoms with Crippen LogP contribution in [0, 0.1) is 17.3 Å². The van der Waals surface area contributed by atoms with Crippen LogP contribution in [0.25, 0.3) is 0 Å². The lowest BCUT2D eigenvalue weighted by Crippen LogP contribution is -2.34. The molecule has 1 atom stereocenters. The van der Waals surface area contributed by atoms with Gasteiger partial charge in [0.1, 0.15) is 0 Å². The van der Waals surface area contributed by atoms with Crippen molar-refractivity contribution in [2.45, 2.75) is 72.1 Å². The van der Waals surface area contributed by atoms with Gasteiger partial charge in [-0.1, -0.05) is 44.8 Å². The van der Waals surface area contributed by atoms with Crippen LogP contribution in [-0.4, -0.2) is 0 Å². The van der Waals surface area contributed by atoms with Crippen LogP contribution in [-0.2, 0) is 0 Å². The first-order valence-corrected chi connectivity index (χ1v) is 7.26. The molecule has 0 spiro atoms. The zero-order valence-electron chi connectivity index (χ0n) is 11.4. The molecule has 0 aliphatic heterocycles. The third kappa shape index (κ3) is 2.52. The van der Waals surface area contributed by atoms with Crippen LogP contribution >= 0.6 is 0 Å². The molecule has 0 nitrogen and oxygen atoms in total. The molecule has 0 radical (unpaired) electrons. The van der Waals surface area contributed by atoms with E-state index >= 15 is 0 Å². The van der Waals surface area contributed by atoms with Gasteiger partial charge < -0.3 is 0 Å². The van der Waals surface area contributed by atoms with Crippen LogP contribution in [0.5, 0.6) is 0 Å². The van der Waals surface area contributed by atoms with E-state index in [0.717, 1.165) is 11.8 Å². The lowest BCUT2D eigenvalue weighted by molar-refractivity contribution is 0.0754. The van der Waals surface area contributed by atoms with Crippen LogP contribution in [0.4, 0.5) is 0 Å². The summed E-state index contributed by atoms with van der Waals surface area (Å²) in [5.74, 6) is 1.94. The Morgan fingerprint density at radius 1 is 1.00 bits per heavy atom. The van der Waals surface area contributed by atoms with E-state index in [1.807, 2.05) is 0 Å². The molecular weight excluding hydrogens is 192 g/mol. The summed E-state index contributed by atoms with van der Waals surface area (Å²) in [6.45, 7) is 7.38. The summed E-state index contributed by atoms with van der Waals surface area (Å²) in [7, 11) is 0. The van der Waals surface area contributed by atoms with Gasteiger partial charge >= 0.3 is 0 Å². The number of hydrogen-bond donors (Lipinski definition) is 0. The minimum absolute atomic E-state index is 0.581. The highest BCUT2D eigenvalue weighted by Crippen LogP contribution is 2.47. The first kappa shape index (κ1) is 12.2. The van der Waals surface area contributed by atoms with Crippen molar-refractivity contribution in [2.75, 3.05) is 0 Å². The topological polar surface area (TPSA) is 0 Å². The fourth-order valence-electron chi connectivity index (χ4n) is 3.82. The SMILES string of the molecule is CC1=CCC(C(C)(C)C2CCCCC2)CC1. The Labute approximate surface area is 102 Å². The summed E-state index contributed by atoms with van der Waals surface area (Å²) in [6.07, 6.45) is 14.1. The smallest absolute Gasteiger partial charge is 0.0295 e. The van der Waals surface area contributed by atoms with Crippen LogP contribution < -0.4 is 0 Å². The van der Waals surface area contributed by atoms with Crippen LogP contribution in [0.2, 0.25) is 0 Å². The molecule has 92 valence electrons. The predicted molar refractivity (Wildman–Crippen MR) is 71.5 cm³/mol. The molecule has 16 heavy (non-hydrogen) atoms. The van der Waals surface area contributed by atoms with Gasteiger partial charge in [0, 0.05) is 0 Å². The van der Waals surface area contributed by atoms with E-state index in [1.165, 1.54) is 51.4 Å². The lowest BCUT2D eigenvalue weighted by Gasteiger charge is -2.44. The Balaban J connectivity index is 2.00. The Morgan fingerprint density at radius 2 is 1.69 bits per heavy atom. The second kappa shape index (κ2) is 4.94. The van der Waals surface area contributed by atoms with Crippen molar-refractivity contribution < 1.29 is 0 Å². The molecule has 0 heteroatoms. The largest absolute Gasteiger partial charge is 0.0853 e. The van der Waals surface area contributed by atoms with E-state index in [9.17, 15) is 0 Å².